The van der Waals surface area contributed by atoms with Crippen LogP contribution >= 0.6 is 0 Å². The van der Waals surface area contributed by atoms with E-state index in [0.29, 0.717) is 5.69 Å². The largest absolute Gasteiger partial charge is 0.271 e. The van der Waals surface area contributed by atoms with E-state index in [-0.39, 0.29) is 11.4 Å². The highest BCUT2D eigenvalue weighted by Gasteiger charge is 2.27. The quantitative estimate of drug-likeness (QED) is 0.556. The molecule has 0 fully saturated rings. The van der Waals surface area contributed by atoms with Crippen LogP contribution in [-0.2, 0) is 14.8 Å². The summed E-state index contributed by atoms with van der Waals surface area (Å²) in [6, 6.07) is 15.1. The number of aryl methyl sites for hydroxylation is 1. The molecule has 0 aliphatic heterocycles. The van der Waals surface area contributed by atoms with Gasteiger partial charge in [0.2, 0.25) is 0 Å². The van der Waals surface area contributed by atoms with Gasteiger partial charge in [-0.15, -0.1) is 0 Å². The molecule has 0 aliphatic rings. The molecule has 2 rings (SSSR count). The summed E-state index contributed by atoms with van der Waals surface area (Å²) in [5.41, 5.74) is 4.73. The maximum atomic E-state index is 13.1. The van der Waals surface area contributed by atoms with Crippen LogP contribution in [0.1, 0.15) is 32.3 Å². The summed E-state index contributed by atoms with van der Waals surface area (Å²) in [5, 5.41) is 4.07. The Morgan fingerprint density at radius 1 is 1.00 bits per heavy atom. The molecule has 0 aliphatic carbocycles. The second-order valence-electron chi connectivity index (χ2n) is 6.08. The molecular formula is C20H25N3O3S. The minimum Gasteiger partial charge on any atom is -0.271 e. The van der Waals surface area contributed by atoms with Crippen molar-refractivity contribution in [1.29, 1.82) is 0 Å². The lowest BCUT2D eigenvalue weighted by atomic mass is 10.2. The summed E-state index contributed by atoms with van der Waals surface area (Å²) in [6.45, 7) is 5.46. The first-order chi connectivity index (χ1) is 12.9. The molecule has 0 atom stereocenters. The first-order valence-corrected chi connectivity index (χ1v) is 10.3. The number of carbonyl (C=O) groups excluding carboxylic acids is 1. The van der Waals surface area contributed by atoms with Gasteiger partial charge in [-0.1, -0.05) is 49.7 Å². The minimum atomic E-state index is -3.89. The molecule has 2 aromatic rings. The molecule has 27 heavy (non-hydrogen) atoms. The molecular weight excluding hydrogens is 362 g/mol. The Balaban J connectivity index is 2.35. The van der Waals surface area contributed by atoms with Crippen molar-refractivity contribution in [3.8, 4) is 0 Å². The van der Waals surface area contributed by atoms with Crippen LogP contribution < -0.4 is 9.73 Å². The van der Waals surface area contributed by atoms with Crippen LogP contribution in [0.2, 0.25) is 0 Å². The van der Waals surface area contributed by atoms with E-state index < -0.39 is 15.9 Å². The number of hydrazone groups is 1. The lowest BCUT2D eigenvalue weighted by molar-refractivity contribution is -0.119. The van der Waals surface area contributed by atoms with Gasteiger partial charge in [0, 0.05) is 5.71 Å². The number of rotatable bonds is 8. The molecule has 0 bridgehead atoms. The Bertz CT molecular complexity index is 886. The predicted molar refractivity (Wildman–Crippen MR) is 108 cm³/mol. The van der Waals surface area contributed by atoms with Gasteiger partial charge < -0.3 is 0 Å². The molecule has 7 heteroatoms. The van der Waals surface area contributed by atoms with Crippen LogP contribution in [0.3, 0.4) is 0 Å². The highest BCUT2D eigenvalue weighted by atomic mass is 32.2. The molecule has 6 nitrogen and oxygen atoms in total. The standard InChI is InChI=1S/C20H25N3O3S/c1-4-17(5-2)21-22-20(24)15-23(18-13-11-16(3)12-14-18)27(25,26)19-9-7-6-8-10-19/h6-14H,4-5,15H2,1-3H3,(H,22,24). The van der Waals surface area contributed by atoms with Gasteiger partial charge in [-0.2, -0.15) is 5.10 Å². The third-order valence-corrected chi connectivity index (χ3v) is 5.88. The van der Waals surface area contributed by atoms with Crippen molar-refractivity contribution in [2.75, 3.05) is 10.8 Å². The van der Waals surface area contributed by atoms with Gasteiger partial charge in [-0.25, -0.2) is 13.8 Å². The lowest BCUT2D eigenvalue weighted by Gasteiger charge is -2.24. The highest BCUT2D eigenvalue weighted by Crippen LogP contribution is 2.23. The number of sulfonamides is 1. The zero-order valence-corrected chi connectivity index (χ0v) is 16.7. The first-order valence-electron chi connectivity index (χ1n) is 8.87. The Kier molecular flexibility index (Phi) is 7.12. The van der Waals surface area contributed by atoms with Gasteiger partial charge in [0.25, 0.3) is 15.9 Å². The number of nitrogens with one attached hydrogen (secondary N) is 1. The summed E-state index contributed by atoms with van der Waals surface area (Å²) in [4.78, 5) is 12.5. The number of nitrogens with zero attached hydrogens (tertiary/aromatic N) is 2. The lowest BCUT2D eigenvalue weighted by Crippen LogP contribution is -2.39. The molecule has 1 amide bonds. The molecule has 0 saturated heterocycles. The molecule has 1 N–H and O–H groups in total. The Hall–Kier alpha value is -2.67. The van der Waals surface area contributed by atoms with Crippen LogP contribution in [0.5, 0.6) is 0 Å². The smallest absolute Gasteiger partial charge is 0.264 e. The molecule has 0 unspecified atom stereocenters. The molecule has 0 heterocycles. The Morgan fingerprint density at radius 3 is 2.15 bits per heavy atom. The third-order valence-electron chi connectivity index (χ3n) is 4.10. The predicted octanol–water partition coefficient (Wildman–Crippen LogP) is 3.48. The zero-order valence-electron chi connectivity index (χ0n) is 15.8. The minimum absolute atomic E-state index is 0.129. The normalized spacial score (nSPS) is 10.9. The summed E-state index contributed by atoms with van der Waals surface area (Å²) in [6.07, 6.45) is 1.45. The average Bonchev–Trinajstić information content (AvgIpc) is 2.68. The molecule has 0 aromatic heterocycles. The van der Waals surface area contributed by atoms with Crippen molar-refractivity contribution in [3.63, 3.8) is 0 Å². The van der Waals surface area contributed by atoms with Gasteiger partial charge in [-0.05, 0) is 44.0 Å². The van der Waals surface area contributed by atoms with E-state index in [9.17, 15) is 13.2 Å². The fourth-order valence-electron chi connectivity index (χ4n) is 2.46. The summed E-state index contributed by atoms with van der Waals surface area (Å²) in [7, 11) is -3.89. The zero-order chi connectivity index (χ0) is 19.9. The average molecular weight is 388 g/mol. The number of amides is 1. The van der Waals surface area contributed by atoms with E-state index in [1.807, 2.05) is 32.9 Å². The van der Waals surface area contributed by atoms with E-state index in [4.69, 9.17) is 0 Å². The van der Waals surface area contributed by atoms with Gasteiger partial charge in [0.1, 0.15) is 6.54 Å². The van der Waals surface area contributed by atoms with Crippen LogP contribution in [0, 0.1) is 6.92 Å². The van der Waals surface area contributed by atoms with E-state index >= 15 is 0 Å². The molecule has 2 aromatic carbocycles. The van der Waals surface area contributed by atoms with Crippen molar-refractivity contribution in [1.82, 2.24) is 5.43 Å². The van der Waals surface area contributed by atoms with E-state index in [0.717, 1.165) is 28.4 Å². The van der Waals surface area contributed by atoms with Crippen molar-refractivity contribution >= 4 is 27.3 Å². The van der Waals surface area contributed by atoms with Crippen LogP contribution in [0.15, 0.2) is 64.6 Å². The monoisotopic (exact) mass is 387 g/mol. The molecule has 0 spiro atoms. The molecule has 0 saturated carbocycles. The van der Waals surface area contributed by atoms with Crippen LogP contribution in [0.4, 0.5) is 5.69 Å². The highest BCUT2D eigenvalue weighted by molar-refractivity contribution is 7.92. The number of carbonyl (C=O) groups is 1. The molecule has 144 valence electrons. The van der Waals surface area contributed by atoms with Gasteiger partial charge in [-0.3, -0.25) is 9.10 Å². The number of benzene rings is 2. The topological polar surface area (TPSA) is 78.8 Å². The first kappa shape index (κ1) is 20.6. The maximum Gasteiger partial charge on any atom is 0.264 e. The van der Waals surface area contributed by atoms with E-state index in [1.54, 1.807) is 30.3 Å². The van der Waals surface area contributed by atoms with E-state index in [2.05, 4.69) is 10.5 Å². The van der Waals surface area contributed by atoms with Crippen LogP contribution in [-0.4, -0.2) is 26.6 Å². The Morgan fingerprint density at radius 2 is 1.59 bits per heavy atom. The molecule has 0 radical (unpaired) electrons. The summed E-state index contributed by atoms with van der Waals surface area (Å²) >= 11 is 0. The van der Waals surface area contributed by atoms with Crippen molar-refractivity contribution in [3.05, 3.63) is 60.2 Å². The van der Waals surface area contributed by atoms with Crippen molar-refractivity contribution in [2.24, 2.45) is 5.10 Å². The van der Waals surface area contributed by atoms with Crippen LogP contribution in [0.25, 0.3) is 0 Å². The summed E-state index contributed by atoms with van der Waals surface area (Å²) in [5.74, 6) is -0.491. The number of hydrogen-bond acceptors (Lipinski definition) is 4. The van der Waals surface area contributed by atoms with Gasteiger partial charge >= 0.3 is 0 Å². The van der Waals surface area contributed by atoms with E-state index in [1.165, 1.54) is 12.1 Å². The summed E-state index contributed by atoms with van der Waals surface area (Å²) < 4.78 is 27.3. The van der Waals surface area contributed by atoms with Crippen molar-refractivity contribution in [2.45, 2.75) is 38.5 Å². The Labute approximate surface area is 161 Å². The number of hydrogen-bond donors (Lipinski definition) is 1. The number of anilines is 1. The maximum absolute atomic E-state index is 13.1. The fourth-order valence-corrected chi connectivity index (χ4v) is 3.90. The SMILES string of the molecule is CCC(CC)=NNC(=O)CN(c1ccc(C)cc1)S(=O)(=O)c1ccccc1. The fraction of sp³-hybridized carbons (Fsp3) is 0.300. The van der Waals surface area contributed by atoms with Crippen molar-refractivity contribution < 1.29 is 13.2 Å². The second kappa shape index (κ2) is 9.32. The van der Waals surface area contributed by atoms with Gasteiger partial charge in [0.05, 0.1) is 10.6 Å². The second-order valence-corrected chi connectivity index (χ2v) is 7.94. The third kappa shape index (κ3) is 5.40. The van der Waals surface area contributed by atoms with Gasteiger partial charge in [0.15, 0.2) is 0 Å².